The molecule has 0 saturated heterocycles. The standard InChI is InChI=1S/C16H14ClNO/c1-2-14-9-15(6-7-16(14)17)19-11-13-5-3-4-12(8-13)10-18/h3-9H,2,11H2,1H3. The van der Waals surface area contributed by atoms with Crippen LogP contribution in [0.5, 0.6) is 5.75 Å². The number of benzene rings is 2. The Morgan fingerprint density at radius 3 is 2.79 bits per heavy atom. The normalized spacial score (nSPS) is 9.95. The fraction of sp³-hybridized carbons (Fsp3) is 0.188. The van der Waals surface area contributed by atoms with Crippen molar-refractivity contribution in [2.75, 3.05) is 0 Å². The van der Waals surface area contributed by atoms with Crippen LogP contribution in [0.2, 0.25) is 5.02 Å². The Morgan fingerprint density at radius 1 is 1.21 bits per heavy atom. The number of ether oxygens (including phenoxy) is 1. The van der Waals surface area contributed by atoms with E-state index in [-0.39, 0.29) is 0 Å². The van der Waals surface area contributed by atoms with Crippen molar-refractivity contribution < 1.29 is 4.74 Å². The SMILES string of the molecule is CCc1cc(OCc2cccc(C#N)c2)ccc1Cl. The van der Waals surface area contributed by atoms with Gasteiger partial charge in [0.25, 0.3) is 0 Å². The highest BCUT2D eigenvalue weighted by atomic mass is 35.5. The number of rotatable bonds is 4. The molecule has 0 aromatic heterocycles. The van der Waals surface area contributed by atoms with Gasteiger partial charge in [0, 0.05) is 5.02 Å². The smallest absolute Gasteiger partial charge is 0.120 e. The van der Waals surface area contributed by atoms with E-state index in [9.17, 15) is 0 Å². The predicted molar refractivity (Wildman–Crippen MR) is 76.3 cm³/mol. The van der Waals surface area contributed by atoms with Crippen LogP contribution < -0.4 is 4.74 Å². The molecular formula is C16H14ClNO. The molecule has 0 atom stereocenters. The monoisotopic (exact) mass is 271 g/mol. The van der Waals surface area contributed by atoms with E-state index in [1.165, 1.54) is 0 Å². The molecular weight excluding hydrogens is 258 g/mol. The average molecular weight is 272 g/mol. The summed E-state index contributed by atoms with van der Waals surface area (Å²) in [5.41, 5.74) is 2.70. The van der Waals surface area contributed by atoms with Crippen LogP contribution in [0.4, 0.5) is 0 Å². The van der Waals surface area contributed by atoms with Crippen LogP contribution in [-0.2, 0) is 13.0 Å². The van der Waals surface area contributed by atoms with Crippen LogP contribution in [0.1, 0.15) is 23.6 Å². The van der Waals surface area contributed by atoms with E-state index in [0.29, 0.717) is 12.2 Å². The molecule has 3 heteroatoms. The van der Waals surface area contributed by atoms with Gasteiger partial charge in [-0.25, -0.2) is 0 Å². The number of nitriles is 1. The summed E-state index contributed by atoms with van der Waals surface area (Å²) < 4.78 is 5.72. The van der Waals surface area contributed by atoms with Gasteiger partial charge >= 0.3 is 0 Å². The number of aryl methyl sites for hydroxylation is 1. The second-order valence-electron chi connectivity index (χ2n) is 4.21. The molecule has 0 bridgehead atoms. The second-order valence-corrected chi connectivity index (χ2v) is 4.61. The van der Waals surface area contributed by atoms with Crippen molar-refractivity contribution in [1.82, 2.24) is 0 Å². The number of nitrogens with zero attached hydrogens (tertiary/aromatic N) is 1. The molecule has 0 unspecified atom stereocenters. The molecule has 0 radical (unpaired) electrons. The first kappa shape index (κ1) is 13.5. The van der Waals surface area contributed by atoms with Crippen molar-refractivity contribution in [2.45, 2.75) is 20.0 Å². The highest BCUT2D eigenvalue weighted by Gasteiger charge is 2.02. The Bertz CT molecular complexity index is 616. The van der Waals surface area contributed by atoms with Gasteiger partial charge in [0.15, 0.2) is 0 Å². The number of hydrogen-bond donors (Lipinski definition) is 0. The van der Waals surface area contributed by atoms with Gasteiger partial charge in [0.2, 0.25) is 0 Å². The van der Waals surface area contributed by atoms with Crippen LogP contribution in [-0.4, -0.2) is 0 Å². The van der Waals surface area contributed by atoms with Gasteiger partial charge in [-0.3, -0.25) is 0 Å². The van der Waals surface area contributed by atoms with Crippen molar-refractivity contribution in [2.24, 2.45) is 0 Å². The zero-order valence-corrected chi connectivity index (χ0v) is 11.4. The third-order valence-electron chi connectivity index (χ3n) is 2.86. The molecule has 0 fully saturated rings. The number of halogens is 1. The highest BCUT2D eigenvalue weighted by Crippen LogP contribution is 2.23. The number of hydrogen-bond acceptors (Lipinski definition) is 2. The molecule has 0 amide bonds. The first-order chi connectivity index (χ1) is 9.22. The minimum Gasteiger partial charge on any atom is -0.489 e. The summed E-state index contributed by atoms with van der Waals surface area (Å²) >= 11 is 6.06. The molecule has 2 aromatic rings. The van der Waals surface area contributed by atoms with Crippen molar-refractivity contribution >= 4 is 11.6 Å². The summed E-state index contributed by atoms with van der Waals surface area (Å²) in [5.74, 6) is 0.795. The van der Waals surface area contributed by atoms with E-state index in [1.54, 1.807) is 6.07 Å². The van der Waals surface area contributed by atoms with Gasteiger partial charge < -0.3 is 4.74 Å². The molecule has 0 heterocycles. The zero-order valence-electron chi connectivity index (χ0n) is 10.7. The molecule has 19 heavy (non-hydrogen) atoms. The maximum absolute atomic E-state index is 8.84. The maximum Gasteiger partial charge on any atom is 0.120 e. The lowest BCUT2D eigenvalue weighted by Gasteiger charge is -2.09. The summed E-state index contributed by atoms with van der Waals surface area (Å²) in [6.45, 7) is 2.50. The molecule has 0 N–H and O–H groups in total. The lowest BCUT2D eigenvalue weighted by atomic mass is 10.1. The fourth-order valence-electron chi connectivity index (χ4n) is 1.81. The Labute approximate surface area is 118 Å². The molecule has 2 rings (SSSR count). The van der Waals surface area contributed by atoms with E-state index >= 15 is 0 Å². The molecule has 0 aliphatic rings. The average Bonchev–Trinajstić information content (AvgIpc) is 2.46. The lowest BCUT2D eigenvalue weighted by molar-refractivity contribution is 0.306. The lowest BCUT2D eigenvalue weighted by Crippen LogP contribution is -1.96. The van der Waals surface area contributed by atoms with E-state index < -0.39 is 0 Å². The van der Waals surface area contributed by atoms with Crippen molar-refractivity contribution in [3.8, 4) is 11.8 Å². The molecule has 2 nitrogen and oxygen atoms in total. The molecule has 0 aliphatic heterocycles. The van der Waals surface area contributed by atoms with Gasteiger partial charge in [-0.05, 0) is 47.9 Å². The van der Waals surface area contributed by atoms with Crippen LogP contribution in [0, 0.1) is 11.3 Å². The Kier molecular flexibility index (Phi) is 4.43. The summed E-state index contributed by atoms with van der Waals surface area (Å²) in [5, 5.41) is 9.61. The van der Waals surface area contributed by atoms with Crippen molar-refractivity contribution in [1.29, 1.82) is 5.26 Å². The topological polar surface area (TPSA) is 33.0 Å². The third-order valence-corrected chi connectivity index (χ3v) is 3.23. The maximum atomic E-state index is 8.84. The summed E-state index contributed by atoms with van der Waals surface area (Å²) in [4.78, 5) is 0. The van der Waals surface area contributed by atoms with Gasteiger partial charge in [-0.2, -0.15) is 5.26 Å². The van der Waals surface area contributed by atoms with Crippen molar-refractivity contribution in [3.63, 3.8) is 0 Å². The Hall–Kier alpha value is -1.98. The van der Waals surface area contributed by atoms with Crippen LogP contribution in [0.15, 0.2) is 42.5 Å². The zero-order chi connectivity index (χ0) is 13.7. The van der Waals surface area contributed by atoms with Gasteiger partial charge in [-0.1, -0.05) is 30.7 Å². The fourth-order valence-corrected chi connectivity index (χ4v) is 2.06. The summed E-state index contributed by atoms with van der Waals surface area (Å²) in [6.07, 6.45) is 0.875. The minimum atomic E-state index is 0.445. The molecule has 96 valence electrons. The molecule has 2 aromatic carbocycles. The van der Waals surface area contributed by atoms with Crippen molar-refractivity contribution in [3.05, 3.63) is 64.2 Å². The first-order valence-electron chi connectivity index (χ1n) is 6.13. The van der Waals surface area contributed by atoms with Crippen LogP contribution >= 0.6 is 11.6 Å². The molecule has 0 saturated carbocycles. The predicted octanol–water partition coefficient (Wildman–Crippen LogP) is 4.35. The summed E-state index contributed by atoms with van der Waals surface area (Å²) in [6, 6.07) is 15.2. The molecule has 0 spiro atoms. The highest BCUT2D eigenvalue weighted by molar-refractivity contribution is 6.31. The summed E-state index contributed by atoms with van der Waals surface area (Å²) in [7, 11) is 0. The second kappa shape index (κ2) is 6.26. The third kappa shape index (κ3) is 3.49. The van der Waals surface area contributed by atoms with Crippen LogP contribution in [0.3, 0.4) is 0 Å². The largest absolute Gasteiger partial charge is 0.489 e. The Morgan fingerprint density at radius 2 is 2.05 bits per heavy atom. The van der Waals surface area contributed by atoms with Gasteiger partial charge in [-0.15, -0.1) is 0 Å². The Balaban J connectivity index is 2.08. The van der Waals surface area contributed by atoms with Crippen LogP contribution in [0.25, 0.3) is 0 Å². The van der Waals surface area contributed by atoms with Gasteiger partial charge in [0.05, 0.1) is 11.6 Å². The first-order valence-corrected chi connectivity index (χ1v) is 6.51. The van der Waals surface area contributed by atoms with E-state index in [1.807, 2.05) is 36.4 Å². The van der Waals surface area contributed by atoms with Gasteiger partial charge in [0.1, 0.15) is 12.4 Å². The quantitative estimate of drug-likeness (QED) is 0.828. The molecule has 0 aliphatic carbocycles. The van der Waals surface area contributed by atoms with E-state index in [4.69, 9.17) is 21.6 Å². The van der Waals surface area contributed by atoms with E-state index in [2.05, 4.69) is 13.0 Å². The minimum absolute atomic E-state index is 0.445. The van der Waals surface area contributed by atoms with E-state index in [0.717, 1.165) is 28.3 Å².